The average Bonchev–Trinajstić information content (AvgIpc) is 2.84. The number of nitrogens with one attached hydrogen (secondary N) is 1. The lowest BCUT2D eigenvalue weighted by atomic mass is 9.94. The second kappa shape index (κ2) is 4.79. The molecule has 1 amide bonds. The molecule has 0 radical (unpaired) electrons. The smallest absolute Gasteiger partial charge is 0.251 e. The second-order valence-electron chi connectivity index (χ2n) is 4.84. The van der Waals surface area contributed by atoms with Crippen LogP contribution in [0.5, 0.6) is 0 Å². The molecule has 0 aliphatic carbocycles. The van der Waals surface area contributed by atoms with Gasteiger partial charge in [0.05, 0.1) is 0 Å². The van der Waals surface area contributed by atoms with Gasteiger partial charge >= 0.3 is 0 Å². The van der Waals surface area contributed by atoms with Crippen LogP contribution in [0.2, 0.25) is 0 Å². The van der Waals surface area contributed by atoms with Crippen LogP contribution >= 0.6 is 11.3 Å². The van der Waals surface area contributed by atoms with E-state index in [0.29, 0.717) is 12.1 Å². The van der Waals surface area contributed by atoms with E-state index in [0.717, 1.165) is 28.7 Å². The molecule has 1 aliphatic rings. The van der Waals surface area contributed by atoms with E-state index in [9.17, 15) is 9.90 Å². The third kappa shape index (κ3) is 2.17. The number of hydrogen-bond donors (Lipinski definition) is 2. The molecule has 0 spiro atoms. The lowest BCUT2D eigenvalue weighted by Crippen LogP contribution is -2.31. The molecular formula is C15H15NO2S. The van der Waals surface area contributed by atoms with Crippen LogP contribution in [-0.2, 0) is 6.42 Å². The van der Waals surface area contributed by atoms with Crippen molar-refractivity contribution >= 4 is 17.2 Å². The first-order chi connectivity index (χ1) is 9.16. The molecule has 1 aromatic carbocycles. The number of rotatable bonds is 2. The topological polar surface area (TPSA) is 49.3 Å². The molecule has 19 heavy (non-hydrogen) atoms. The Bertz CT molecular complexity index is 633. The predicted octanol–water partition coefficient (Wildman–Crippen LogP) is 2.42. The van der Waals surface area contributed by atoms with Gasteiger partial charge in [0, 0.05) is 12.1 Å². The molecule has 98 valence electrons. The molecule has 2 heterocycles. The normalized spacial score (nSPS) is 15.8. The quantitative estimate of drug-likeness (QED) is 0.883. The molecule has 0 saturated carbocycles. The summed E-state index contributed by atoms with van der Waals surface area (Å²) >= 11 is 1.58. The van der Waals surface area contributed by atoms with E-state index < -0.39 is 6.10 Å². The average molecular weight is 273 g/mol. The van der Waals surface area contributed by atoms with Crippen LogP contribution in [0, 0.1) is 6.92 Å². The summed E-state index contributed by atoms with van der Waals surface area (Å²) in [6, 6.07) is 5.68. The SMILES string of the molecule is Cc1cscc1C(O)c1ccc2c(c1)C(=O)NCC2. The number of carbonyl (C=O) groups is 1. The number of benzene rings is 1. The highest BCUT2D eigenvalue weighted by Crippen LogP contribution is 2.29. The summed E-state index contributed by atoms with van der Waals surface area (Å²) in [7, 11) is 0. The monoisotopic (exact) mass is 273 g/mol. The molecule has 2 aromatic rings. The molecule has 0 saturated heterocycles. The summed E-state index contributed by atoms with van der Waals surface area (Å²) in [5.41, 5.74) is 4.52. The van der Waals surface area contributed by atoms with Crippen molar-refractivity contribution in [2.75, 3.05) is 6.54 Å². The van der Waals surface area contributed by atoms with Gasteiger partial charge < -0.3 is 10.4 Å². The van der Waals surface area contributed by atoms with E-state index in [1.54, 1.807) is 11.3 Å². The molecule has 1 unspecified atom stereocenters. The lowest BCUT2D eigenvalue weighted by molar-refractivity contribution is 0.0945. The number of aliphatic hydroxyl groups is 1. The van der Waals surface area contributed by atoms with Crippen LogP contribution in [0.15, 0.2) is 29.0 Å². The molecule has 0 fully saturated rings. The zero-order valence-electron chi connectivity index (χ0n) is 10.6. The van der Waals surface area contributed by atoms with Crippen molar-refractivity contribution in [1.82, 2.24) is 5.32 Å². The standard InChI is InChI=1S/C15H15NO2S/c1-9-7-19-8-13(9)14(17)11-3-2-10-4-5-16-15(18)12(10)6-11/h2-3,6-8,14,17H,4-5H2,1H3,(H,16,18). The number of hydrogen-bond acceptors (Lipinski definition) is 3. The van der Waals surface area contributed by atoms with Crippen molar-refractivity contribution in [3.8, 4) is 0 Å². The van der Waals surface area contributed by atoms with Gasteiger partial charge in [-0.05, 0) is 52.4 Å². The molecule has 1 aliphatic heterocycles. The summed E-state index contributed by atoms with van der Waals surface area (Å²) in [6.45, 7) is 2.68. The van der Waals surface area contributed by atoms with Gasteiger partial charge in [-0.1, -0.05) is 12.1 Å². The number of fused-ring (bicyclic) bond motifs is 1. The summed E-state index contributed by atoms with van der Waals surface area (Å²) in [6.07, 6.45) is 0.195. The van der Waals surface area contributed by atoms with E-state index >= 15 is 0 Å². The Morgan fingerprint density at radius 3 is 2.95 bits per heavy atom. The summed E-state index contributed by atoms with van der Waals surface area (Å²) < 4.78 is 0. The highest BCUT2D eigenvalue weighted by Gasteiger charge is 2.20. The lowest BCUT2D eigenvalue weighted by Gasteiger charge is -2.19. The van der Waals surface area contributed by atoms with E-state index in [1.807, 2.05) is 35.9 Å². The fourth-order valence-electron chi connectivity index (χ4n) is 2.43. The van der Waals surface area contributed by atoms with Crippen molar-refractivity contribution in [3.63, 3.8) is 0 Å². The van der Waals surface area contributed by atoms with Gasteiger partial charge in [-0.3, -0.25) is 4.79 Å². The number of aryl methyl sites for hydroxylation is 1. The van der Waals surface area contributed by atoms with Gasteiger partial charge in [0.1, 0.15) is 6.10 Å². The van der Waals surface area contributed by atoms with Crippen molar-refractivity contribution in [3.05, 3.63) is 56.8 Å². The largest absolute Gasteiger partial charge is 0.384 e. The second-order valence-corrected chi connectivity index (χ2v) is 5.58. The molecule has 0 bridgehead atoms. The molecule has 1 atom stereocenters. The first-order valence-corrected chi connectivity index (χ1v) is 7.23. The van der Waals surface area contributed by atoms with E-state index in [-0.39, 0.29) is 5.91 Å². The van der Waals surface area contributed by atoms with Gasteiger partial charge in [0.25, 0.3) is 5.91 Å². The fourth-order valence-corrected chi connectivity index (χ4v) is 3.30. The van der Waals surface area contributed by atoms with Gasteiger partial charge in [-0.15, -0.1) is 0 Å². The van der Waals surface area contributed by atoms with Crippen molar-refractivity contribution in [1.29, 1.82) is 0 Å². The Morgan fingerprint density at radius 2 is 2.21 bits per heavy atom. The van der Waals surface area contributed by atoms with Gasteiger partial charge in [0.2, 0.25) is 0 Å². The highest BCUT2D eigenvalue weighted by atomic mass is 32.1. The summed E-state index contributed by atoms with van der Waals surface area (Å²) in [5, 5.41) is 17.2. The Kier molecular flexibility index (Phi) is 3.12. The minimum absolute atomic E-state index is 0.0441. The van der Waals surface area contributed by atoms with Gasteiger partial charge in [-0.25, -0.2) is 0 Å². The number of thiophene rings is 1. The third-order valence-corrected chi connectivity index (χ3v) is 4.44. The van der Waals surface area contributed by atoms with Crippen LogP contribution in [0.3, 0.4) is 0 Å². The number of carbonyl (C=O) groups excluding carboxylic acids is 1. The van der Waals surface area contributed by atoms with Crippen LogP contribution in [0.1, 0.15) is 38.7 Å². The van der Waals surface area contributed by atoms with Crippen LogP contribution < -0.4 is 5.32 Å². The Labute approximate surface area is 115 Å². The highest BCUT2D eigenvalue weighted by molar-refractivity contribution is 7.08. The first kappa shape index (κ1) is 12.4. The minimum Gasteiger partial charge on any atom is -0.384 e. The van der Waals surface area contributed by atoms with E-state index in [4.69, 9.17) is 0 Å². The maximum Gasteiger partial charge on any atom is 0.251 e. The Morgan fingerprint density at radius 1 is 1.37 bits per heavy atom. The van der Waals surface area contributed by atoms with Crippen molar-refractivity contribution < 1.29 is 9.90 Å². The summed E-state index contributed by atoms with van der Waals surface area (Å²) in [5.74, 6) is -0.0441. The first-order valence-electron chi connectivity index (χ1n) is 6.28. The molecule has 3 nitrogen and oxygen atoms in total. The van der Waals surface area contributed by atoms with E-state index in [2.05, 4.69) is 5.32 Å². The van der Waals surface area contributed by atoms with Crippen molar-refractivity contribution in [2.45, 2.75) is 19.4 Å². The van der Waals surface area contributed by atoms with Crippen LogP contribution in [0.4, 0.5) is 0 Å². The minimum atomic E-state index is -0.661. The molecule has 1 aromatic heterocycles. The fraction of sp³-hybridized carbons (Fsp3) is 0.267. The Balaban J connectivity index is 2.00. The van der Waals surface area contributed by atoms with Gasteiger partial charge in [0.15, 0.2) is 0 Å². The zero-order valence-corrected chi connectivity index (χ0v) is 11.5. The van der Waals surface area contributed by atoms with Gasteiger partial charge in [-0.2, -0.15) is 11.3 Å². The third-order valence-electron chi connectivity index (χ3n) is 3.56. The van der Waals surface area contributed by atoms with Crippen LogP contribution in [0.25, 0.3) is 0 Å². The molecule has 3 rings (SSSR count). The molecule has 4 heteroatoms. The molecular weight excluding hydrogens is 258 g/mol. The zero-order chi connectivity index (χ0) is 13.4. The summed E-state index contributed by atoms with van der Waals surface area (Å²) in [4.78, 5) is 11.8. The number of amides is 1. The number of aliphatic hydroxyl groups excluding tert-OH is 1. The maximum absolute atomic E-state index is 11.8. The maximum atomic E-state index is 11.8. The predicted molar refractivity (Wildman–Crippen MR) is 75.6 cm³/mol. The van der Waals surface area contributed by atoms with Crippen molar-refractivity contribution in [2.24, 2.45) is 0 Å². The Hall–Kier alpha value is -1.65. The van der Waals surface area contributed by atoms with Crippen LogP contribution in [-0.4, -0.2) is 17.6 Å². The van der Waals surface area contributed by atoms with E-state index in [1.165, 1.54) is 0 Å². The molecule has 2 N–H and O–H groups in total.